The predicted octanol–water partition coefficient (Wildman–Crippen LogP) is 1.84. The second-order valence-corrected chi connectivity index (χ2v) is 7.51. The lowest BCUT2D eigenvalue weighted by Crippen LogP contribution is -2.13. The van der Waals surface area contributed by atoms with Crippen LogP contribution in [0.2, 0.25) is 0 Å². The van der Waals surface area contributed by atoms with Gasteiger partial charge in [-0.05, 0) is 48.0 Å². The van der Waals surface area contributed by atoms with Crippen molar-refractivity contribution < 1.29 is 13.2 Å². The second-order valence-electron chi connectivity index (χ2n) is 5.95. The lowest BCUT2D eigenvalue weighted by atomic mass is 10.0. The van der Waals surface area contributed by atoms with E-state index in [1.54, 1.807) is 18.3 Å². The van der Waals surface area contributed by atoms with Crippen LogP contribution in [0.5, 0.6) is 0 Å². The highest BCUT2D eigenvalue weighted by Gasteiger charge is 2.29. The minimum Gasteiger partial charge on any atom is -0.378 e. The number of nitrogens with one attached hydrogen (secondary N) is 1. The van der Waals surface area contributed by atoms with Gasteiger partial charge < -0.3 is 10.2 Å². The van der Waals surface area contributed by atoms with E-state index in [4.69, 9.17) is 5.14 Å². The number of sulfonamides is 1. The van der Waals surface area contributed by atoms with Crippen molar-refractivity contribution in [1.29, 1.82) is 0 Å². The maximum atomic E-state index is 12.2. The topological polar surface area (TPSA) is 105 Å². The van der Waals surface area contributed by atoms with E-state index in [-0.39, 0.29) is 10.8 Å². The van der Waals surface area contributed by atoms with Crippen LogP contribution in [-0.4, -0.2) is 34.6 Å². The van der Waals surface area contributed by atoms with Crippen molar-refractivity contribution in [3.05, 3.63) is 48.0 Å². The zero-order valence-corrected chi connectivity index (χ0v) is 14.6. The molecule has 2 aromatic carbocycles. The molecule has 8 heteroatoms. The maximum absolute atomic E-state index is 12.2. The standard InChI is InChI=1S/C17H18N4O3S/c1-21(2)12-5-8-16-14(9-12)15(17(22)20-16)10-19-11-3-6-13(7-4-11)25(18,23)24/h3-10,15H,1-2H3,(H,20,22)(H2,18,23,24). The number of aliphatic imine (C=N–C) groups is 1. The van der Waals surface area contributed by atoms with E-state index in [0.29, 0.717) is 5.69 Å². The van der Waals surface area contributed by atoms with Crippen molar-refractivity contribution >= 4 is 39.2 Å². The molecule has 1 amide bonds. The van der Waals surface area contributed by atoms with Crippen molar-refractivity contribution in [3.63, 3.8) is 0 Å². The molecular weight excluding hydrogens is 340 g/mol. The summed E-state index contributed by atoms with van der Waals surface area (Å²) < 4.78 is 22.5. The number of carbonyl (C=O) groups excluding carboxylic acids is 1. The molecule has 3 N–H and O–H groups in total. The molecule has 1 aliphatic heterocycles. The highest BCUT2D eigenvalue weighted by molar-refractivity contribution is 7.89. The highest BCUT2D eigenvalue weighted by atomic mass is 32.2. The number of anilines is 2. The normalized spacial score (nSPS) is 16.8. The number of fused-ring (bicyclic) bond motifs is 1. The van der Waals surface area contributed by atoms with Gasteiger partial charge in [0.25, 0.3) is 0 Å². The molecule has 1 unspecified atom stereocenters. The first-order valence-electron chi connectivity index (χ1n) is 7.55. The first-order valence-corrected chi connectivity index (χ1v) is 9.09. The highest BCUT2D eigenvalue weighted by Crippen LogP contribution is 2.34. The zero-order valence-electron chi connectivity index (χ0n) is 13.8. The number of benzene rings is 2. The van der Waals surface area contributed by atoms with Crippen LogP contribution in [-0.2, 0) is 14.8 Å². The molecule has 0 aliphatic carbocycles. The van der Waals surface area contributed by atoms with E-state index in [9.17, 15) is 13.2 Å². The number of nitrogens with zero attached hydrogens (tertiary/aromatic N) is 2. The first-order chi connectivity index (χ1) is 11.8. The monoisotopic (exact) mass is 358 g/mol. The molecule has 0 saturated carbocycles. The Balaban J connectivity index is 1.87. The molecule has 3 rings (SSSR count). The van der Waals surface area contributed by atoms with E-state index in [1.165, 1.54) is 12.1 Å². The quantitative estimate of drug-likeness (QED) is 0.814. The Hall–Kier alpha value is -2.71. The minimum atomic E-state index is -3.73. The molecule has 0 saturated heterocycles. The first kappa shape index (κ1) is 17.1. The van der Waals surface area contributed by atoms with Gasteiger partial charge in [0.2, 0.25) is 15.9 Å². The van der Waals surface area contributed by atoms with Crippen LogP contribution in [0, 0.1) is 0 Å². The summed E-state index contributed by atoms with van der Waals surface area (Å²) in [5.41, 5.74) is 3.17. The summed E-state index contributed by atoms with van der Waals surface area (Å²) in [6, 6.07) is 11.6. The molecule has 0 bridgehead atoms. The average molecular weight is 358 g/mol. The van der Waals surface area contributed by atoms with Crippen molar-refractivity contribution in [2.45, 2.75) is 10.8 Å². The summed E-state index contributed by atoms with van der Waals surface area (Å²) in [5, 5.41) is 7.90. The number of carbonyl (C=O) groups is 1. The third kappa shape index (κ3) is 3.54. The third-order valence-corrected chi connectivity index (χ3v) is 4.89. The summed E-state index contributed by atoms with van der Waals surface area (Å²) in [7, 11) is 0.133. The van der Waals surface area contributed by atoms with Crippen LogP contribution in [0.3, 0.4) is 0 Å². The number of rotatable bonds is 4. The second kappa shape index (κ2) is 6.30. The van der Waals surface area contributed by atoms with Gasteiger partial charge in [-0.1, -0.05) is 0 Å². The van der Waals surface area contributed by atoms with Crippen LogP contribution in [0.4, 0.5) is 17.1 Å². The smallest absolute Gasteiger partial charge is 0.238 e. The predicted molar refractivity (Wildman–Crippen MR) is 98.1 cm³/mol. The summed E-state index contributed by atoms with van der Waals surface area (Å²) in [4.78, 5) is 18.5. The van der Waals surface area contributed by atoms with Gasteiger partial charge in [-0.25, -0.2) is 13.6 Å². The lowest BCUT2D eigenvalue weighted by molar-refractivity contribution is -0.115. The Bertz CT molecular complexity index is 950. The largest absolute Gasteiger partial charge is 0.378 e. The van der Waals surface area contributed by atoms with Crippen LogP contribution >= 0.6 is 0 Å². The SMILES string of the molecule is CN(C)c1ccc2c(c1)C(C=Nc1ccc(S(N)(=O)=O)cc1)C(=O)N2. The van der Waals surface area contributed by atoms with Crippen molar-refractivity contribution in [2.75, 3.05) is 24.3 Å². The minimum absolute atomic E-state index is 0.0195. The molecule has 1 atom stereocenters. The maximum Gasteiger partial charge on any atom is 0.238 e. The fourth-order valence-corrected chi connectivity index (χ4v) is 3.10. The van der Waals surface area contributed by atoms with Gasteiger partial charge in [-0.2, -0.15) is 0 Å². The number of amides is 1. The average Bonchev–Trinajstić information content (AvgIpc) is 2.87. The summed E-state index contributed by atoms with van der Waals surface area (Å²) >= 11 is 0. The van der Waals surface area contributed by atoms with E-state index in [0.717, 1.165) is 16.9 Å². The number of hydrogen-bond donors (Lipinski definition) is 2. The van der Waals surface area contributed by atoms with Crippen LogP contribution in [0.1, 0.15) is 11.5 Å². The summed E-state index contributed by atoms with van der Waals surface area (Å²) in [6.45, 7) is 0. The van der Waals surface area contributed by atoms with Gasteiger partial charge in [0, 0.05) is 31.7 Å². The van der Waals surface area contributed by atoms with Gasteiger partial charge in [0.05, 0.1) is 10.6 Å². The lowest BCUT2D eigenvalue weighted by Gasteiger charge is -2.14. The van der Waals surface area contributed by atoms with E-state index >= 15 is 0 Å². The van der Waals surface area contributed by atoms with Gasteiger partial charge in [0.15, 0.2) is 0 Å². The molecule has 130 valence electrons. The van der Waals surface area contributed by atoms with Crippen LogP contribution in [0.25, 0.3) is 0 Å². The van der Waals surface area contributed by atoms with E-state index in [2.05, 4.69) is 10.3 Å². The number of hydrogen-bond acceptors (Lipinski definition) is 5. The van der Waals surface area contributed by atoms with Crippen molar-refractivity contribution in [1.82, 2.24) is 0 Å². The number of nitrogens with two attached hydrogens (primary N) is 1. The van der Waals surface area contributed by atoms with Crippen molar-refractivity contribution in [3.8, 4) is 0 Å². The zero-order chi connectivity index (χ0) is 18.2. The van der Waals surface area contributed by atoms with Crippen molar-refractivity contribution in [2.24, 2.45) is 10.1 Å². The van der Waals surface area contributed by atoms with E-state index in [1.807, 2.05) is 37.2 Å². The Morgan fingerprint density at radius 2 is 1.84 bits per heavy atom. The molecule has 1 heterocycles. The molecular formula is C17H18N4O3S. The fourth-order valence-electron chi connectivity index (χ4n) is 2.58. The molecule has 0 fully saturated rings. The summed E-state index contributed by atoms with van der Waals surface area (Å²) in [5.74, 6) is -0.636. The Morgan fingerprint density at radius 1 is 1.16 bits per heavy atom. The van der Waals surface area contributed by atoms with Crippen LogP contribution in [0.15, 0.2) is 52.4 Å². The number of primary sulfonamides is 1. The molecule has 25 heavy (non-hydrogen) atoms. The molecule has 7 nitrogen and oxygen atoms in total. The molecule has 0 spiro atoms. The van der Waals surface area contributed by atoms with Gasteiger partial charge in [0.1, 0.15) is 5.92 Å². The Labute approximate surface area is 146 Å². The Kier molecular flexibility index (Phi) is 4.32. The van der Waals surface area contributed by atoms with Gasteiger partial charge in [-0.15, -0.1) is 0 Å². The molecule has 2 aromatic rings. The third-order valence-electron chi connectivity index (χ3n) is 3.96. The Morgan fingerprint density at radius 3 is 2.44 bits per heavy atom. The van der Waals surface area contributed by atoms with Gasteiger partial charge in [-0.3, -0.25) is 9.79 Å². The summed E-state index contributed by atoms with van der Waals surface area (Å²) in [6.07, 6.45) is 1.56. The fraction of sp³-hybridized carbons (Fsp3) is 0.176. The van der Waals surface area contributed by atoms with Gasteiger partial charge >= 0.3 is 0 Å². The van der Waals surface area contributed by atoms with E-state index < -0.39 is 15.9 Å². The van der Waals surface area contributed by atoms with Crippen LogP contribution < -0.4 is 15.4 Å². The molecule has 0 radical (unpaired) electrons. The molecule has 1 aliphatic rings. The molecule has 0 aromatic heterocycles.